The molecule has 9 heteroatoms. The molecule has 2 N–H and O–H groups in total. The Hall–Kier alpha value is -2.52. The summed E-state index contributed by atoms with van der Waals surface area (Å²) in [7, 11) is 1.91. The number of amides is 1. The van der Waals surface area contributed by atoms with Crippen LogP contribution in [0.3, 0.4) is 0 Å². The zero-order chi connectivity index (χ0) is 17.6. The van der Waals surface area contributed by atoms with E-state index in [9.17, 15) is 9.59 Å². The van der Waals surface area contributed by atoms with Crippen molar-refractivity contribution in [3.63, 3.8) is 0 Å². The Labute approximate surface area is 147 Å². The summed E-state index contributed by atoms with van der Waals surface area (Å²) in [5.41, 5.74) is 1.62. The second-order valence-electron chi connectivity index (χ2n) is 6.11. The van der Waals surface area contributed by atoms with Crippen molar-refractivity contribution in [2.75, 3.05) is 20.1 Å². The van der Waals surface area contributed by atoms with E-state index in [-0.39, 0.29) is 11.5 Å². The first-order valence-electron chi connectivity index (χ1n) is 8.07. The number of likely N-dealkylation sites (tertiary alicyclic amines) is 1. The monoisotopic (exact) mass is 358 g/mol. The average molecular weight is 358 g/mol. The van der Waals surface area contributed by atoms with E-state index >= 15 is 0 Å². The van der Waals surface area contributed by atoms with E-state index in [1.54, 1.807) is 12.3 Å². The first kappa shape index (κ1) is 16.0. The van der Waals surface area contributed by atoms with Crippen LogP contribution in [0.4, 0.5) is 0 Å². The number of nitrogens with zero attached hydrogens (tertiary/aromatic N) is 4. The first-order valence-corrected chi connectivity index (χ1v) is 8.95. The number of H-pyrrole nitrogens is 1. The number of likely N-dealkylation sites (N-methyl/N-ethyl adjacent to an activating group) is 1. The lowest BCUT2D eigenvalue weighted by molar-refractivity contribution is 0.0789. The smallest absolute Gasteiger partial charge is 0.270 e. The largest absolute Gasteiger partial charge is 0.337 e. The number of fused-ring (bicyclic) bond motifs is 1. The maximum Gasteiger partial charge on any atom is 0.270 e. The van der Waals surface area contributed by atoms with E-state index in [4.69, 9.17) is 0 Å². The molecule has 1 aliphatic heterocycles. The van der Waals surface area contributed by atoms with Gasteiger partial charge in [-0.1, -0.05) is 0 Å². The van der Waals surface area contributed by atoms with Crippen LogP contribution in [0, 0.1) is 6.92 Å². The molecule has 0 unspecified atom stereocenters. The van der Waals surface area contributed by atoms with Crippen molar-refractivity contribution in [1.82, 2.24) is 30.0 Å². The van der Waals surface area contributed by atoms with Crippen molar-refractivity contribution < 1.29 is 4.79 Å². The van der Waals surface area contributed by atoms with Gasteiger partial charge in [0.05, 0.1) is 23.0 Å². The predicted octanol–water partition coefficient (Wildman–Crippen LogP) is 0.913. The molecule has 0 spiro atoms. The van der Waals surface area contributed by atoms with Gasteiger partial charge in [-0.15, -0.1) is 11.3 Å². The van der Waals surface area contributed by atoms with Gasteiger partial charge in [0.15, 0.2) is 0 Å². The Bertz CT molecular complexity index is 1000. The molecule has 1 fully saturated rings. The lowest BCUT2D eigenvalue weighted by Gasteiger charge is -2.16. The van der Waals surface area contributed by atoms with Gasteiger partial charge in [-0.2, -0.15) is 5.10 Å². The molecule has 3 aromatic rings. The van der Waals surface area contributed by atoms with Crippen LogP contribution in [0.1, 0.15) is 22.5 Å². The zero-order valence-electron chi connectivity index (χ0n) is 13.9. The lowest BCUT2D eigenvalue weighted by atomic mass is 10.2. The third kappa shape index (κ3) is 2.65. The van der Waals surface area contributed by atoms with E-state index in [1.807, 2.05) is 24.3 Å². The van der Waals surface area contributed by atoms with E-state index in [1.165, 1.54) is 16.0 Å². The molecule has 25 heavy (non-hydrogen) atoms. The first-order chi connectivity index (χ1) is 12.1. The fraction of sp³-hybridized carbons (Fsp3) is 0.375. The van der Waals surface area contributed by atoms with Crippen LogP contribution in [0.2, 0.25) is 0 Å². The molecular formula is C16H18N6O2S. The molecular weight excluding hydrogens is 340 g/mol. The van der Waals surface area contributed by atoms with Crippen LogP contribution < -0.4 is 10.9 Å². The van der Waals surface area contributed by atoms with Crippen molar-refractivity contribution in [1.29, 1.82) is 0 Å². The third-order valence-corrected chi connectivity index (χ3v) is 5.53. The highest BCUT2D eigenvalue weighted by Crippen LogP contribution is 2.19. The lowest BCUT2D eigenvalue weighted by Crippen LogP contribution is -2.33. The van der Waals surface area contributed by atoms with Crippen LogP contribution in [-0.4, -0.2) is 56.7 Å². The third-order valence-electron chi connectivity index (χ3n) is 4.63. The van der Waals surface area contributed by atoms with E-state index in [0.717, 1.165) is 13.0 Å². The number of rotatable bonds is 3. The van der Waals surface area contributed by atoms with Crippen LogP contribution in [-0.2, 0) is 0 Å². The van der Waals surface area contributed by atoms with Crippen LogP contribution in [0.15, 0.2) is 22.4 Å². The molecule has 1 amide bonds. The highest BCUT2D eigenvalue weighted by atomic mass is 32.1. The summed E-state index contributed by atoms with van der Waals surface area (Å²) in [5.74, 6) is 0.280. The minimum absolute atomic E-state index is 0.0412. The Balaban J connectivity index is 1.68. The molecule has 130 valence electrons. The highest BCUT2D eigenvalue weighted by Gasteiger charge is 2.28. The molecule has 0 saturated carbocycles. The molecule has 3 aromatic heterocycles. The fourth-order valence-corrected chi connectivity index (χ4v) is 3.87. The SMILES string of the molecule is CN[C@@H]1CCN(C(=O)c2cnn(-c3nc4ccsc4c(=O)[nH]3)c2C)C1. The van der Waals surface area contributed by atoms with Crippen molar-refractivity contribution in [3.05, 3.63) is 39.3 Å². The predicted molar refractivity (Wildman–Crippen MR) is 95.5 cm³/mol. The Morgan fingerprint density at radius 3 is 3.08 bits per heavy atom. The number of thiophene rings is 1. The standard InChI is InChI=1S/C16H18N6O2S/c1-9-11(15(24)21-5-3-10(8-21)17-2)7-18-22(9)16-19-12-4-6-25-13(12)14(23)20-16/h4,6-7,10,17H,3,5,8H2,1-2H3,(H,19,20,23)/t10-/m1/s1. The molecule has 0 aliphatic carbocycles. The van der Waals surface area contributed by atoms with Gasteiger partial charge in [0.25, 0.3) is 11.5 Å². The summed E-state index contributed by atoms with van der Waals surface area (Å²) in [5, 5.41) is 9.30. The normalized spacial score (nSPS) is 17.5. The number of carbonyl (C=O) groups excluding carboxylic acids is 1. The second kappa shape index (κ2) is 6.08. The number of carbonyl (C=O) groups is 1. The summed E-state index contributed by atoms with van der Waals surface area (Å²) in [6.45, 7) is 3.23. The summed E-state index contributed by atoms with van der Waals surface area (Å²) in [6, 6.07) is 2.13. The molecule has 1 saturated heterocycles. The second-order valence-corrected chi connectivity index (χ2v) is 7.02. The quantitative estimate of drug-likeness (QED) is 0.726. The van der Waals surface area contributed by atoms with Gasteiger partial charge in [-0.3, -0.25) is 14.6 Å². The molecule has 0 bridgehead atoms. The number of hydrogen-bond acceptors (Lipinski definition) is 6. The van der Waals surface area contributed by atoms with E-state index in [2.05, 4.69) is 20.4 Å². The van der Waals surface area contributed by atoms with Crippen molar-refractivity contribution in [2.24, 2.45) is 0 Å². The van der Waals surface area contributed by atoms with Gasteiger partial charge in [0, 0.05) is 19.1 Å². The molecule has 8 nitrogen and oxygen atoms in total. The fourth-order valence-electron chi connectivity index (χ4n) is 3.14. The van der Waals surface area contributed by atoms with Gasteiger partial charge < -0.3 is 10.2 Å². The number of hydrogen-bond donors (Lipinski definition) is 2. The average Bonchev–Trinajstić information content (AvgIpc) is 3.33. The number of aromatic amines is 1. The van der Waals surface area contributed by atoms with Crippen molar-refractivity contribution >= 4 is 27.5 Å². The summed E-state index contributed by atoms with van der Waals surface area (Å²) in [6.07, 6.45) is 2.49. The highest BCUT2D eigenvalue weighted by molar-refractivity contribution is 7.17. The van der Waals surface area contributed by atoms with Gasteiger partial charge in [-0.05, 0) is 31.8 Å². The molecule has 1 aliphatic rings. The van der Waals surface area contributed by atoms with Gasteiger partial charge >= 0.3 is 0 Å². The van der Waals surface area contributed by atoms with Gasteiger partial charge in [0.1, 0.15) is 4.70 Å². The number of nitrogens with one attached hydrogen (secondary N) is 2. The maximum absolute atomic E-state index is 12.8. The molecule has 4 rings (SSSR count). The Kier molecular flexibility index (Phi) is 3.89. The van der Waals surface area contributed by atoms with Crippen LogP contribution in [0.5, 0.6) is 0 Å². The van der Waals surface area contributed by atoms with Crippen molar-refractivity contribution in [2.45, 2.75) is 19.4 Å². The van der Waals surface area contributed by atoms with E-state index in [0.29, 0.717) is 40.0 Å². The zero-order valence-corrected chi connectivity index (χ0v) is 14.8. The van der Waals surface area contributed by atoms with Crippen LogP contribution in [0.25, 0.3) is 16.2 Å². The Morgan fingerprint density at radius 2 is 2.32 bits per heavy atom. The van der Waals surface area contributed by atoms with Crippen molar-refractivity contribution in [3.8, 4) is 5.95 Å². The minimum atomic E-state index is -0.200. The topological polar surface area (TPSA) is 95.9 Å². The molecule has 4 heterocycles. The molecule has 0 aromatic carbocycles. The maximum atomic E-state index is 12.8. The molecule has 1 atom stereocenters. The van der Waals surface area contributed by atoms with Gasteiger partial charge in [-0.25, -0.2) is 9.67 Å². The number of aromatic nitrogens is 4. The minimum Gasteiger partial charge on any atom is -0.337 e. The summed E-state index contributed by atoms with van der Waals surface area (Å²) >= 11 is 1.35. The summed E-state index contributed by atoms with van der Waals surface area (Å²) < 4.78 is 2.09. The van der Waals surface area contributed by atoms with Crippen LogP contribution >= 0.6 is 11.3 Å². The van der Waals surface area contributed by atoms with Gasteiger partial charge in [0.2, 0.25) is 5.95 Å². The molecule has 0 radical (unpaired) electrons. The van der Waals surface area contributed by atoms with E-state index < -0.39 is 0 Å². The Morgan fingerprint density at radius 1 is 1.48 bits per heavy atom. The summed E-state index contributed by atoms with van der Waals surface area (Å²) in [4.78, 5) is 33.9.